The van der Waals surface area contributed by atoms with E-state index in [1.165, 1.54) is 10.5 Å². The fourth-order valence-electron chi connectivity index (χ4n) is 1.58. The zero-order chi connectivity index (χ0) is 12.3. The molecule has 0 atom stereocenters. The maximum Gasteiger partial charge on any atom is 0.0681 e. The molecule has 2 aromatic rings. The Morgan fingerprint density at radius 3 is 2.65 bits per heavy atom. The molecule has 0 aliphatic rings. The van der Waals surface area contributed by atoms with Crippen LogP contribution in [0.3, 0.4) is 0 Å². The Balaban J connectivity index is 2.24. The zero-order valence-electron chi connectivity index (χ0n) is 9.48. The van der Waals surface area contributed by atoms with Crippen LogP contribution in [0, 0.1) is 6.92 Å². The summed E-state index contributed by atoms with van der Waals surface area (Å²) < 4.78 is 0. The van der Waals surface area contributed by atoms with Gasteiger partial charge in [-0.2, -0.15) is 0 Å². The second kappa shape index (κ2) is 5.58. The minimum atomic E-state index is 0.0863. The Morgan fingerprint density at radius 1 is 1.18 bits per heavy atom. The SMILES string of the molecule is Cc1cc(CO)ccc1Sc1cccc(Cl)c1. The van der Waals surface area contributed by atoms with Crippen molar-refractivity contribution >= 4 is 23.4 Å². The number of hydrogen-bond acceptors (Lipinski definition) is 2. The number of rotatable bonds is 3. The molecule has 1 N–H and O–H groups in total. The van der Waals surface area contributed by atoms with E-state index in [1.54, 1.807) is 11.8 Å². The molecule has 17 heavy (non-hydrogen) atoms. The van der Waals surface area contributed by atoms with E-state index < -0.39 is 0 Å². The summed E-state index contributed by atoms with van der Waals surface area (Å²) in [6.45, 7) is 2.13. The molecular formula is C14H13ClOS. The number of aryl methyl sites for hydroxylation is 1. The Labute approximate surface area is 110 Å². The Kier molecular flexibility index (Phi) is 4.11. The van der Waals surface area contributed by atoms with Crippen molar-refractivity contribution in [2.45, 2.75) is 23.3 Å². The molecule has 0 spiro atoms. The van der Waals surface area contributed by atoms with Gasteiger partial charge in [-0.1, -0.05) is 41.6 Å². The normalized spacial score (nSPS) is 10.5. The predicted molar refractivity (Wildman–Crippen MR) is 72.7 cm³/mol. The molecular weight excluding hydrogens is 252 g/mol. The van der Waals surface area contributed by atoms with Gasteiger partial charge in [0, 0.05) is 14.8 Å². The predicted octanol–water partition coefficient (Wildman–Crippen LogP) is 4.29. The quantitative estimate of drug-likeness (QED) is 0.892. The molecule has 0 heterocycles. The summed E-state index contributed by atoms with van der Waals surface area (Å²) >= 11 is 7.63. The van der Waals surface area contributed by atoms with Gasteiger partial charge in [-0.3, -0.25) is 0 Å². The van der Waals surface area contributed by atoms with E-state index in [9.17, 15) is 0 Å². The smallest absolute Gasteiger partial charge is 0.0681 e. The summed E-state index contributed by atoms with van der Waals surface area (Å²) in [5.41, 5.74) is 2.11. The lowest BCUT2D eigenvalue weighted by atomic mass is 10.1. The maximum absolute atomic E-state index is 9.05. The van der Waals surface area contributed by atoms with Crippen molar-refractivity contribution in [1.82, 2.24) is 0 Å². The van der Waals surface area contributed by atoms with E-state index in [0.717, 1.165) is 15.5 Å². The fourth-order valence-corrected chi connectivity index (χ4v) is 2.78. The second-order valence-electron chi connectivity index (χ2n) is 3.82. The van der Waals surface area contributed by atoms with Crippen LogP contribution in [-0.2, 0) is 6.61 Å². The Morgan fingerprint density at radius 2 is 2.00 bits per heavy atom. The van der Waals surface area contributed by atoms with E-state index in [-0.39, 0.29) is 6.61 Å². The molecule has 0 bridgehead atoms. The summed E-state index contributed by atoms with van der Waals surface area (Å²) in [5.74, 6) is 0. The molecule has 0 radical (unpaired) electrons. The number of aliphatic hydroxyl groups excluding tert-OH is 1. The van der Waals surface area contributed by atoms with Gasteiger partial charge in [0.15, 0.2) is 0 Å². The lowest BCUT2D eigenvalue weighted by Crippen LogP contribution is -1.86. The number of hydrogen-bond donors (Lipinski definition) is 1. The minimum absolute atomic E-state index is 0.0863. The van der Waals surface area contributed by atoms with E-state index in [2.05, 4.69) is 0 Å². The van der Waals surface area contributed by atoms with E-state index in [4.69, 9.17) is 16.7 Å². The third kappa shape index (κ3) is 3.25. The number of aliphatic hydroxyl groups is 1. The molecule has 0 fully saturated rings. The Hall–Kier alpha value is -0.960. The summed E-state index contributed by atoms with van der Waals surface area (Å²) in [7, 11) is 0. The first-order chi connectivity index (χ1) is 8.19. The minimum Gasteiger partial charge on any atom is -0.392 e. The average Bonchev–Trinajstić information content (AvgIpc) is 2.32. The van der Waals surface area contributed by atoms with Gasteiger partial charge in [-0.05, 0) is 42.3 Å². The summed E-state index contributed by atoms with van der Waals surface area (Å²) in [6, 6.07) is 13.8. The number of halogens is 1. The topological polar surface area (TPSA) is 20.2 Å². The van der Waals surface area contributed by atoms with Crippen molar-refractivity contribution in [2.75, 3.05) is 0 Å². The first-order valence-corrected chi connectivity index (χ1v) is 6.52. The fraction of sp³-hybridized carbons (Fsp3) is 0.143. The van der Waals surface area contributed by atoms with Gasteiger partial charge in [0.05, 0.1) is 6.61 Å². The first-order valence-electron chi connectivity index (χ1n) is 5.33. The molecule has 0 aromatic heterocycles. The highest BCUT2D eigenvalue weighted by molar-refractivity contribution is 7.99. The van der Waals surface area contributed by atoms with Crippen molar-refractivity contribution in [3.63, 3.8) is 0 Å². The summed E-state index contributed by atoms with van der Waals surface area (Å²) in [5, 5.41) is 9.80. The van der Waals surface area contributed by atoms with Gasteiger partial charge in [0.2, 0.25) is 0 Å². The molecule has 0 saturated carbocycles. The van der Waals surface area contributed by atoms with Gasteiger partial charge in [0.25, 0.3) is 0 Å². The van der Waals surface area contributed by atoms with E-state index in [1.807, 2.05) is 49.4 Å². The first kappa shape index (κ1) is 12.5. The van der Waals surface area contributed by atoms with Gasteiger partial charge in [-0.15, -0.1) is 0 Å². The van der Waals surface area contributed by atoms with Crippen LogP contribution >= 0.6 is 23.4 Å². The lowest BCUT2D eigenvalue weighted by molar-refractivity contribution is 0.281. The van der Waals surface area contributed by atoms with Gasteiger partial charge in [0.1, 0.15) is 0 Å². The second-order valence-corrected chi connectivity index (χ2v) is 5.37. The third-order valence-corrected chi connectivity index (χ3v) is 3.85. The largest absolute Gasteiger partial charge is 0.392 e. The molecule has 0 unspecified atom stereocenters. The van der Waals surface area contributed by atoms with Crippen LogP contribution in [-0.4, -0.2) is 5.11 Å². The van der Waals surface area contributed by atoms with Crippen LogP contribution in [0.4, 0.5) is 0 Å². The van der Waals surface area contributed by atoms with Crippen molar-refractivity contribution < 1.29 is 5.11 Å². The van der Waals surface area contributed by atoms with Crippen molar-refractivity contribution in [3.8, 4) is 0 Å². The average molecular weight is 265 g/mol. The number of benzene rings is 2. The molecule has 1 nitrogen and oxygen atoms in total. The standard InChI is InChI=1S/C14H13ClOS/c1-10-7-11(9-16)5-6-14(10)17-13-4-2-3-12(15)8-13/h2-8,16H,9H2,1H3. The van der Waals surface area contributed by atoms with Crippen LogP contribution in [0.15, 0.2) is 52.3 Å². The van der Waals surface area contributed by atoms with Crippen LogP contribution in [0.5, 0.6) is 0 Å². The molecule has 0 aliphatic carbocycles. The molecule has 88 valence electrons. The van der Waals surface area contributed by atoms with Crippen LogP contribution in [0.1, 0.15) is 11.1 Å². The maximum atomic E-state index is 9.05. The van der Waals surface area contributed by atoms with Crippen molar-refractivity contribution in [3.05, 3.63) is 58.6 Å². The highest BCUT2D eigenvalue weighted by Gasteiger charge is 2.02. The van der Waals surface area contributed by atoms with Crippen LogP contribution < -0.4 is 0 Å². The lowest BCUT2D eigenvalue weighted by Gasteiger charge is -2.07. The zero-order valence-corrected chi connectivity index (χ0v) is 11.1. The van der Waals surface area contributed by atoms with E-state index >= 15 is 0 Å². The summed E-state index contributed by atoms with van der Waals surface area (Å²) in [6.07, 6.45) is 0. The monoisotopic (exact) mass is 264 g/mol. The molecule has 0 amide bonds. The Bertz CT molecular complexity index is 525. The van der Waals surface area contributed by atoms with Gasteiger partial charge in [-0.25, -0.2) is 0 Å². The van der Waals surface area contributed by atoms with Crippen LogP contribution in [0.2, 0.25) is 5.02 Å². The molecule has 2 rings (SSSR count). The van der Waals surface area contributed by atoms with Gasteiger partial charge < -0.3 is 5.11 Å². The molecule has 2 aromatic carbocycles. The third-order valence-electron chi connectivity index (χ3n) is 2.45. The summed E-state index contributed by atoms with van der Waals surface area (Å²) in [4.78, 5) is 2.31. The van der Waals surface area contributed by atoms with Crippen molar-refractivity contribution in [1.29, 1.82) is 0 Å². The van der Waals surface area contributed by atoms with Gasteiger partial charge >= 0.3 is 0 Å². The molecule has 0 aliphatic heterocycles. The highest BCUT2D eigenvalue weighted by atomic mass is 35.5. The van der Waals surface area contributed by atoms with Crippen LogP contribution in [0.25, 0.3) is 0 Å². The molecule has 3 heteroatoms. The van der Waals surface area contributed by atoms with Crippen molar-refractivity contribution in [2.24, 2.45) is 0 Å². The van der Waals surface area contributed by atoms with E-state index in [0.29, 0.717) is 0 Å². The molecule has 0 saturated heterocycles. The highest BCUT2D eigenvalue weighted by Crippen LogP contribution is 2.31.